The Morgan fingerprint density at radius 3 is 2.95 bits per heavy atom. The quantitative estimate of drug-likeness (QED) is 0.931. The zero-order valence-corrected chi connectivity index (χ0v) is 12.6. The van der Waals surface area contributed by atoms with Crippen molar-refractivity contribution in [2.75, 3.05) is 13.1 Å². The molecule has 3 rings (SSSR count). The number of amides is 1. The van der Waals surface area contributed by atoms with Crippen LogP contribution in [0.25, 0.3) is 0 Å². The third-order valence-electron chi connectivity index (χ3n) is 4.43. The number of hydrogen-bond donors (Lipinski definition) is 1. The summed E-state index contributed by atoms with van der Waals surface area (Å²) < 4.78 is 0. The Bertz CT molecular complexity index is 423. The smallest absolute Gasteiger partial charge is 0.222 e. The van der Waals surface area contributed by atoms with Crippen molar-refractivity contribution in [2.45, 2.75) is 31.7 Å². The molecule has 0 aromatic carbocycles. The predicted octanol–water partition coefficient (Wildman–Crippen LogP) is 2.30. The van der Waals surface area contributed by atoms with E-state index in [2.05, 4.69) is 11.4 Å². The fourth-order valence-electron chi connectivity index (χ4n) is 3.35. The Hall–Kier alpha value is -0.580. The molecule has 3 unspecified atom stereocenters. The number of likely N-dealkylation sites (tertiary alicyclic amines) is 1. The van der Waals surface area contributed by atoms with Gasteiger partial charge in [0.2, 0.25) is 5.91 Å². The minimum atomic E-state index is 0. The lowest BCUT2D eigenvalue weighted by molar-refractivity contribution is -0.130. The van der Waals surface area contributed by atoms with E-state index in [1.54, 1.807) is 11.3 Å². The van der Waals surface area contributed by atoms with Gasteiger partial charge in [-0.2, -0.15) is 0 Å². The van der Waals surface area contributed by atoms with E-state index in [0.717, 1.165) is 25.9 Å². The van der Waals surface area contributed by atoms with E-state index in [0.29, 0.717) is 30.2 Å². The van der Waals surface area contributed by atoms with Gasteiger partial charge in [-0.25, -0.2) is 0 Å². The van der Waals surface area contributed by atoms with Gasteiger partial charge in [0.1, 0.15) is 0 Å². The number of hydrogen-bond acceptors (Lipinski definition) is 3. The summed E-state index contributed by atoms with van der Waals surface area (Å²) in [6, 6.07) is 4.47. The van der Waals surface area contributed by atoms with Gasteiger partial charge in [-0.15, -0.1) is 23.7 Å². The van der Waals surface area contributed by atoms with Gasteiger partial charge in [-0.05, 0) is 42.5 Å². The van der Waals surface area contributed by atoms with Crippen LogP contribution in [0.2, 0.25) is 0 Å². The van der Waals surface area contributed by atoms with E-state index in [1.807, 2.05) is 11.0 Å². The normalized spacial score (nSPS) is 29.1. The maximum Gasteiger partial charge on any atom is 0.222 e. The fourth-order valence-corrected chi connectivity index (χ4v) is 4.06. The molecule has 106 valence electrons. The van der Waals surface area contributed by atoms with Gasteiger partial charge >= 0.3 is 0 Å². The van der Waals surface area contributed by atoms with E-state index in [1.165, 1.54) is 11.3 Å². The van der Waals surface area contributed by atoms with Gasteiger partial charge in [-0.3, -0.25) is 4.79 Å². The topological polar surface area (TPSA) is 46.3 Å². The molecule has 2 N–H and O–H groups in total. The monoisotopic (exact) mass is 300 g/mol. The number of nitrogens with two attached hydrogens (primary N) is 1. The van der Waals surface area contributed by atoms with Crippen LogP contribution in [0.5, 0.6) is 0 Å². The number of halogens is 1. The summed E-state index contributed by atoms with van der Waals surface area (Å²) in [5.41, 5.74) is 6.10. The van der Waals surface area contributed by atoms with Crippen molar-refractivity contribution in [1.82, 2.24) is 4.90 Å². The Balaban J connectivity index is 0.00000133. The fraction of sp³-hybridized carbons (Fsp3) is 0.643. The summed E-state index contributed by atoms with van der Waals surface area (Å²) in [6.07, 6.45) is 3.89. The van der Waals surface area contributed by atoms with Crippen LogP contribution in [-0.4, -0.2) is 29.9 Å². The zero-order chi connectivity index (χ0) is 12.5. The van der Waals surface area contributed by atoms with Gasteiger partial charge in [-0.1, -0.05) is 6.07 Å². The van der Waals surface area contributed by atoms with Crippen molar-refractivity contribution >= 4 is 29.7 Å². The predicted molar refractivity (Wildman–Crippen MR) is 80.7 cm³/mol. The molecule has 5 heteroatoms. The molecule has 0 bridgehead atoms. The number of thiophene rings is 1. The number of carbonyl (C=O) groups excluding carboxylic acids is 1. The molecule has 1 amide bonds. The highest BCUT2D eigenvalue weighted by Crippen LogP contribution is 2.37. The second kappa shape index (κ2) is 6.25. The molecule has 2 fully saturated rings. The van der Waals surface area contributed by atoms with Crippen LogP contribution in [-0.2, 0) is 11.2 Å². The van der Waals surface area contributed by atoms with E-state index in [4.69, 9.17) is 5.73 Å². The standard InChI is InChI=1S/C14H20N2OS.ClH/c15-13-5-3-10-8-16(9-12(10)13)14(17)6-4-11-2-1-7-18-11;/h1-2,7,10,12-13H,3-6,8-9,15H2;1H. The van der Waals surface area contributed by atoms with Crippen LogP contribution in [0.15, 0.2) is 17.5 Å². The highest BCUT2D eigenvalue weighted by molar-refractivity contribution is 7.09. The summed E-state index contributed by atoms with van der Waals surface area (Å²) in [5, 5.41) is 2.07. The van der Waals surface area contributed by atoms with E-state index in [9.17, 15) is 4.79 Å². The molecule has 2 heterocycles. The SMILES string of the molecule is Cl.NC1CCC2CN(C(=O)CCc3cccs3)CC12. The van der Waals surface area contributed by atoms with Crippen LogP contribution >= 0.6 is 23.7 Å². The van der Waals surface area contributed by atoms with E-state index >= 15 is 0 Å². The summed E-state index contributed by atoms with van der Waals surface area (Å²) in [6.45, 7) is 1.84. The zero-order valence-electron chi connectivity index (χ0n) is 11.0. The highest BCUT2D eigenvalue weighted by atomic mass is 35.5. The van der Waals surface area contributed by atoms with Crippen LogP contribution in [0, 0.1) is 11.8 Å². The van der Waals surface area contributed by atoms with Gasteiger partial charge in [0.25, 0.3) is 0 Å². The summed E-state index contributed by atoms with van der Waals surface area (Å²) in [7, 11) is 0. The molecule has 3 nitrogen and oxygen atoms in total. The van der Waals surface area contributed by atoms with E-state index < -0.39 is 0 Å². The van der Waals surface area contributed by atoms with Crippen LogP contribution in [0.1, 0.15) is 24.1 Å². The first-order valence-corrected chi connectivity index (χ1v) is 7.68. The van der Waals surface area contributed by atoms with Crippen molar-refractivity contribution in [3.63, 3.8) is 0 Å². The molecular weight excluding hydrogens is 280 g/mol. The molecule has 1 aliphatic heterocycles. The Kier molecular flexibility index (Phi) is 4.87. The molecule has 3 atom stereocenters. The molecule has 2 aliphatic rings. The van der Waals surface area contributed by atoms with Crippen molar-refractivity contribution in [1.29, 1.82) is 0 Å². The lowest BCUT2D eigenvalue weighted by Gasteiger charge is -2.18. The van der Waals surface area contributed by atoms with Crippen molar-refractivity contribution < 1.29 is 4.79 Å². The average Bonchev–Trinajstić information content (AvgIpc) is 3.05. The molecule has 0 radical (unpaired) electrons. The van der Waals surface area contributed by atoms with Crippen LogP contribution in [0.3, 0.4) is 0 Å². The first kappa shape index (κ1) is 14.8. The number of fused-ring (bicyclic) bond motifs is 1. The lowest BCUT2D eigenvalue weighted by atomic mass is 9.98. The van der Waals surface area contributed by atoms with Crippen molar-refractivity contribution in [2.24, 2.45) is 17.6 Å². The maximum absolute atomic E-state index is 12.2. The molecule has 1 saturated carbocycles. The number of aryl methyl sites for hydroxylation is 1. The molecule has 19 heavy (non-hydrogen) atoms. The molecule has 0 spiro atoms. The van der Waals surface area contributed by atoms with Gasteiger partial charge < -0.3 is 10.6 Å². The third-order valence-corrected chi connectivity index (χ3v) is 5.37. The highest BCUT2D eigenvalue weighted by Gasteiger charge is 2.42. The first-order chi connectivity index (χ1) is 8.74. The number of nitrogens with zero attached hydrogens (tertiary/aromatic N) is 1. The minimum Gasteiger partial charge on any atom is -0.342 e. The average molecular weight is 301 g/mol. The molecule has 1 aromatic rings. The number of rotatable bonds is 3. The second-order valence-corrected chi connectivity index (χ2v) is 6.58. The first-order valence-electron chi connectivity index (χ1n) is 6.80. The molecule has 1 saturated heterocycles. The molecular formula is C14H21ClN2OS. The second-order valence-electron chi connectivity index (χ2n) is 5.54. The van der Waals surface area contributed by atoms with Gasteiger partial charge in [0.15, 0.2) is 0 Å². The molecule has 1 aliphatic carbocycles. The van der Waals surface area contributed by atoms with Gasteiger partial charge in [0.05, 0.1) is 0 Å². The van der Waals surface area contributed by atoms with Gasteiger partial charge in [0, 0.05) is 30.4 Å². The lowest BCUT2D eigenvalue weighted by Crippen LogP contribution is -2.33. The van der Waals surface area contributed by atoms with Crippen molar-refractivity contribution in [3.8, 4) is 0 Å². The molecule has 1 aromatic heterocycles. The third kappa shape index (κ3) is 3.12. The van der Waals surface area contributed by atoms with E-state index in [-0.39, 0.29) is 12.4 Å². The number of carbonyl (C=O) groups is 1. The Morgan fingerprint density at radius 2 is 2.26 bits per heavy atom. The summed E-state index contributed by atoms with van der Waals surface area (Å²) in [4.78, 5) is 15.5. The Morgan fingerprint density at radius 1 is 1.42 bits per heavy atom. The van der Waals surface area contributed by atoms with Crippen LogP contribution in [0.4, 0.5) is 0 Å². The van der Waals surface area contributed by atoms with Crippen LogP contribution < -0.4 is 5.73 Å². The largest absolute Gasteiger partial charge is 0.342 e. The summed E-state index contributed by atoms with van der Waals surface area (Å²) >= 11 is 1.73. The Labute approximate surface area is 124 Å². The summed E-state index contributed by atoms with van der Waals surface area (Å²) in [5.74, 6) is 1.55. The van der Waals surface area contributed by atoms with Crippen molar-refractivity contribution in [3.05, 3.63) is 22.4 Å². The minimum absolute atomic E-state index is 0. The maximum atomic E-state index is 12.2.